The third kappa shape index (κ3) is 3.69. The Morgan fingerprint density at radius 1 is 1.47 bits per heavy atom. The molecule has 1 saturated heterocycles. The Labute approximate surface area is 122 Å². The SMILES string of the molecule is COc1ccc(CCNCC2(CO)COC2)cc1Br. The number of aliphatic hydroxyl groups is 1. The van der Waals surface area contributed by atoms with Crippen molar-refractivity contribution >= 4 is 15.9 Å². The molecule has 0 aliphatic carbocycles. The third-order valence-corrected chi connectivity index (χ3v) is 4.08. The number of hydrogen-bond donors (Lipinski definition) is 2. The van der Waals surface area contributed by atoms with Gasteiger partial charge < -0.3 is 19.9 Å². The lowest BCUT2D eigenvalue weighted by molar-refractivity contribution is -0.134. The van der Waals surface area contributed by atoms with Gasteiger partial charge in [0, 0.05) is 6.54 Å². The Bertz CT molecular complexity index is 416. The van der Waals surface area contributed by atoms with E-state index in [1.54, 1.807) is 7.11 Å². The zero-order valence-corrected chi connectivity index (χ0v) is 12.7. The number of methoxy groups -OCH3 is 1. The van der Waals surface area contributed by atoms with Crippen molar-refractivity contribution in [2.45, 2.75) is 6.42 Å². The average Bonchev–Trinajstić information content (AvgIpc) is 2.37. The molecule has 0 unspecified atom stereocenters. The number of nitrogens with one attached hydrogen (secondary N) is 1. The predicted octanol–water partition coefficient (Wildman–Crippen LogP) is 1.60. The Kier molecular flexibility index (Phi) is 5.21. The van der Waals surface area contributed by atoms with E-state index in [9.17, 15) is 5.11 Å². The smallest absolute Gasteiger partial charge is 0.133 e. The Morgan fingerprint density at radius 2 is 2.26 bits per heavy atom. The van der Waals surface area contributed by atoms with E-state index in [-0.39, 0.29) is 12.0 Å². The molecule has 2 rings (SSSR count). The fraction of sp³-hybridized carbons (Fsp3) is 0.571. The molecule has 2 N–H and O–H groups in total. The van der Waals surface area contributed by atoms with E-state index in [0.29, 0.717) is 13.2 Å². The second-order valence-corrected chi connectivity index (χ2v) is 5.90. The minimum absolute atomic E-state index is 0.0551. The second kappa shape index (κ2) is 6.70. The number of benzene rings is 1. The van der Waals surface area contributed by atoms with Crippen LogP contribution in [0.4, 0.5) is 0 Å². The molecule has 0 amide bonds. The minimum Gasteiger partial charge on any atom is -0.496 e. The molecular weight excluding hydrogens is 310 g/mol. The topological polar surface area (TPSA) is 50.7 Å². The van der Waals surface area contributed by atoms with E-state index in [4.69, 9.17) is 9.47 Å². The molecule has 1 aromatic carbocycles. The van der Waals surface area contributed by atoms with Gasteiger partial charge in [-0.05, 0) is 46.6 Å². The number of hydrogen-bond acceptors (Lipinski definition) is 4. The van der Waals surface area contributed by atoms with E-state index in [2.05, 4.69) is 33.4 Å². The summed E-state index contributed by atoms with van der Waals surface area (Å²) in [7, 11) is 1.66. The van der Waals surface area contributed by atoms with Crippen LogP contribution >= 0.6 is 15.9 Å². The van der Waals surface area contributed by atoms with Crippen molar-refractivity contribution in [3.05, 3.63) is 28.2 Å². The highest BCUT2D eigenvalue weighted by atomic mass is 79.9. The molecule has 1 aliphatic heterocycles. The van der Waals surface area contributed by atoms with Crippen LogP contribution in [-0.2, 0) is 11.2 Å². The third-order valence-electron chi connectivity index (χ3n) is 3.46. The van der Waals surface area contributed by atoms with E-state index >= 15 is 0 Å². The molecule has 106 valence electrons. The monoisotopic (exact) mass is 329 g/mol. The predicted molar refractivity (Wildman–Crippen MR) is 77.6 cm³/mol. The highest BCUT2D eigenvalue weighted by molar-refractivity contribution is 9.10. The van der Waals surface area contributed by atoms with Crippen LogP contribution < -0.4 is 10.1 Å². The largest absolute Gasteiger partial charge is 0.496 e. The maximum Gasteiger partial charge on any atom is 0.133 e. The lowest BCUT2D eigenvalue weighted by atomic mass is 9.87. The summed E-state index contributed by atoms with van der Waals surface area (Å²) >= 11 is 3.48. The van der Waals surface area contributed by atoms with Gasteiger partial charge in [0.15, 0.2) is 0 Å². The van der Waals surface area contributed by atoms with Gasteiger partial charge in [0.1, 0.15) is 5.75 Å². The van der Waals surface area contributed by atoms with Gasteiger partial charge in [-0.3, -0.25) is 0 Å². The van der Waals surface area contributed by atoms with Crippen LogP contribution in [0.1, 0.15) is 5.56 Å². The number of aliphatic hydroxyl groups excluding tert-OH is 1. The molecule has 0 saturated carbocycles. The molecule has 0 bridgehead atoms. The first-order chi connectivity index (χ1) is 9.19. The van der Waals surface area contributed by atoms with Gasteiger partial charge in [-0.25, -0.2) is 0 Å². The van der Waals surface area contributed by atoms with E-state index in [1.807, 2.05) is 6.07 Å². The molecule has 1 heterocycles. The maximum atomic E-state index is 9.31. The summed E-state index contributed by atoms with van der Waals surface area (Å²) in [4.78, 5) is 0. The van der Waals surface area contributed by atoms with Gasteiger partial charge in [-0.2, -0.15) is 0 Å². The zero-order chi connectivity index (χ0) is 13.7. The standard InChI is InChI=1S/C14H20BrNO3/c1-18-13-3-2-11(6-12(13)15)4-5-16-7-14(8-17)9-19-10-14/h2-3,6,16-17H,4-5,7-10H2,1H3. The van der Waals surface area contributed by atoms with Crippen molar-refractivity contribution in [1.82, 2.24) is 5.32 Å². The molecule has 5 heteroatoms. The van der Waals surface area contributed by atoms with Gasteiger partial charge in [0.25, 0.3) is 0 Å². The van der Waals surface area contributed by atoms with Gasteiger partial charge in [0.2, 0.25) is 0 Å². The van der Waals surface area contributed by atoms with Crippen LogP contribution in [0.5, 0.6) is 5.75 Å². The van der Waals surface area contributed by atoms with Gasteiger partial charge in [0.05, 0.1) is 36.8 Å². The zero-order valence-electron chi connectivity index (χ0n) is 11.1. The summed E-state index contributed by atoms with van der Waals surface area (Å²) in [5, 5.41) is 12.7. The molecule has 4 nitrogen and oxygen atoms in total. The Morgan fingerprint density at radius 3 is 2.79 bits per heavy atom. The van der Waals surface area contributed by atoms with Crippen LogP contribution in [0.15, 0.2) is 22.7 Å². The first kappa shape index (κ1) is 14.8. The molecule has 0 aromatic heterocycles. The van der Waals surface area contributed by atoms with Crippen molar-refractivity contribution in [2.75, 3.05) is 40.0 Å². The van der Waals surface area contributed by atoms with Crippen LogP contribution in [0.2, 0.25) is 0 Å². The van der Waals surface area contributed by atoms with Crippen molar-refractivity contribution in [2.24, 2.45) is 5.41 Å². The van der Waals surface area contributed by atoms with Gasteiger partial charge >= 0.3 is 0 Å². The lowest BCUT2D eigenvalue weighted by Gasteiger charge is -2.40. The Balaban J connectivity index is 1.75. The van der Waals surface area contributed by atoms with Crippen molar-refractivity contribution in [1.29, 1.82) is 0 Å². The second-order valence-electron chi connectivity index (χ2n) is 5.05. The first-order valence-electron chi connectivity index (χ1n) is 6.41. The lowest BCUT2D eigenvalue weighted by Crippen LogP contribution is -2.52. The van der Waals surface area contributed by atoms with Crippen molar-refractivity contribution in [3.63, 3.8) is 0 Å². The van der Waals surface area contributed by atoms with Gasteiger partial charge in [-0.1, -0.05) is 6.07 Å². The number of ether oxygens (including phenoxy) is 2. The van der Waals surface area contributed by atoms with Gasteiger partial charge in [-0.15, -0.1) is 0 Å². The summed E-state index contributed by atoms with van der Waals surface area (Å²) in [5.41, 5.74) is 1.20. The molecular formula is C14H20BrNO3. The average molecular weight is 330 g/mol. The fourth-order valence-corrected chi connectivity index (χ4v) is 2.68. The van der Waals surface area contributed by atoms with Crippen LogP contribution in [-0.4, -0.2) is 45.1 Å². The highest BCUT2D eigenvalue weighted by Crippen LogP contribution is 2.26. The first-order valence-corrected chi connectivity index (χ1v) is 7.20. The van der Waals surface area contributed by atoms with E-state index in [1.165, 1.54) is 5.56 Å². The highest BCUT2D eigenvalue weighted by Gasteiger charge is 2.37. The summed E-state index contributed by atoms with van der Waals surface area (Å²) < 4.78 is 11.3. The molecule has 0 spiro atoms. The molecule has 0 radical (unpaired) electrons. The molecule has 0 atom stereocenters. The quantitative estimate of drug-likeness (QED) is 0.746. The molecule has 1 aliphatic rings. The number of rotatable bonds is 7. The van der Waals surface area contributed by atoms with Crippen molar-refractivity contribution < 1.29 is 14.6 Å². The van der Waals surface area contributed by atoms with Crippen LogP contribution in [0.3, 0.4) is 0 Å². The molecule has 1 aromatic rings. The minimum atomic E-state index is -0.0551. The summed E-state index contributed by atoms with van der Waals surface area (Å²) in [6.45, 7) is 3.20. The van der Waals surface area contributed by atoms with Crippen molar-refractivity contribution in [3.8, 4) is 5.75 Å². The van der Waals surface area contributed by atoms with E-state index < -0.39 is 0 Å². The van der Waals surface area contributed by atoms with Crippen LogP contribution in [0.25, 0.3) is 0 Å². The number of halogens is 1. The van der Waals surface area contributed by atoms with E-state index in [0.717, 1.165) is 29.7 Å². The molecule has 1 fully saturated rings. The summed E-state index contributed by atoms with van der Waals surface area (Å²) in [6, 6.07) is 6.11. The molecule has 19 heavy (non-hydrogen) atoms. The van der Waals surface area contributed by atoms with Crippen LogP contribution in [0, 0.1) is 5.41 Å². The summed E-state index contributed by atoms with van der Waals surface area (Å²) in [6.07, 6.45) is 0.949. The fourth-order valence-electron chi connectivity index (χ4n) is 2.09. The Hall–Kier alpha value is -0.620. The normalized spacial score (nSPS) is 17.0. The maximum absolute atomic E-state index is 9.31. The summed E-state index contributed by atoms with van der Waals surface area (Å²) in [5.74, 6) is 0.850.